The monoisotopic (exact) mass is 280 g/mol. The minimum atomic E-state index is -0.351. The lowest BCUT2D eigenvalue weighted by Crippen LogP contribution is -2.26. The van der Waals surface area contributed by atoms with Crippen LogP contribution in [0.2, 0.25) is 0 Å². The molecule has 0 atom stereocenters. The van der Waals surface area contributed by atoms with Crippen LogP contribution in [-0.4, -0.2) is 55.8 Å². The molecule has 0 aliphatic heterocycles. The topological polar surface area (TPSA) is 41.6 Å². The Balaban J connectivity index is 3.25. The van der Waals surface area contributed by atoms with E-state index in [-0.39, 0.29) is 6.09 Å². The number of alkyl carbamates (subject to hydrolysis) is 1. The normalized spacial score (nSPS) is 10.6. The van der Waals surface area contributed by atoms with E-state index >= 15 is 0 Å². The number of nitrogens with one attached hydrogen (secondary N) is 1. The lowest BCUT2D eigenvalue weighted by Gasteiger charge is -2.18. The zero-order chi connectivity index (χ0) is 12.9. The molecule has 0 unspecified atom stereocenters. The van der Waals surface area contributed by atoms with E-state index in [9.17, 15) is 4.79 Å². The van der Waals surface area contributed by atoms with Gasteiger partial charge < -0.3 is 15.0 Å². The van der Waals surface area contributed by atoms with Crippen LogP contribution >= 0.6 is 21.6 Å². The first-order chi connectivity index (χ1) is 8.24. The summed E-state index contributed by atoms with van der Waals surface area (Å²) in [6, 6.07) is 0. The Bertz CT molecular complexity index is 194. The molecule has 0 rings (SSSR count). The molecule has 4 nitrogen and oxygen atoms in total. The summed E-state index contributed by atoms with van der Waals surface area (Å²) >= 11 is 0. The predicted molar refractivity (Wildman–Crippen MR) is 77.7 cm³/mol. The third kappa shape index (κ3) is 10.8. The van der Waals surface area contributed by atoms with Crippen molar-refractivity contribution >= 4 is 27.7 Å². The summed E-state index contributed by atoms with van der Waals surface area (Å²) < 4.78 is 4.88. The molecule has 0 aromatic heterocycles. The number of carbonyl (C=O) groups is 1. The zero-order valence-corrected chi connectivity index (χ0v) is 12.7. The van der Waals surface area contributed by atoms with Crippen molar-refractivity contribution in [1.29, 1.82) is 0 Å². The number of carbonyl (C=O) groups excluding carboxylic acids is 1. The average Bonchev–Trinajstić information content (AvgIpc) is 2.35. The number of amides is 1. The summed E-state index contributed by atoms with van der Waals surface area (Å²) in [6.07, 6.45) is 0.863. The van der Waals surface area contributed by atoms with E-state index in [1.165, 1.54) is 13.0 Å². The molecule has 0 radical (unpaired) electrons. The Hall–Kier alpha value is -0.0700. The van der Waals surface area contributed by atoms with Crippen molar-refractivity contribution in [3.63, 3.8) is 0 Å². The van der Waals surface area contributed by atoms with Gasteiger partial charge in [-0.15, -0.1) is 0 Å². The average molecular weight is 280 g/mol. The van der Waals surface area contributed by atoms with Crippen molar-refractivity contribution < 1.29 is 9.53 Å². The first-order valence-corrected chi connectivity index (χ1v) is 8.54. The number of ether oxygens (including phenoxy) is 1. The minimum Gasteiger partial charge on any atom is -0.449 e. The smallest absolute Gasteiger partial charge is 0.406 e. The van der Waals surface area contributed by atoms with Gasteiger partial charge in [0.2, 0.25) is 0 Å². The second-order valence-corrected chi connectivity index (χ2v) is 6.17. The summed E-state index contributed by atoms with van der Waals surface area (Å²) in [5, 5.41) is 2.42. The van der Waals surface area contributed by atoms with Crippen LogP contribution in [0, 0.1) is 0 Å². The van der Waals surface area contributed by atoms with Crippen molar-refractivity contribution in [3.05, 3.63) is 0 Å². The van der Waals surface area contributed by atoms with Gasteiger partial charge in [0.25, 0.3) is 0 Å². The van der Waals surface area contributed by atoms with Crippen LogP contribution in [0.3, 0.4) is 0 Å². The van der Waals surface area contributed by atoms with Crippen molar-refractivity contribution in [3.8, 4) is 0 Å². The van der Waals surface area contributed by atoms with Crippen LogP contribution in [0.15, 0.2) is 0 Å². The van der Waals surface area contributed by atoms with E-state index in [0.29, 0.717) is 6.61 Å². The molecule has 0 aromatic rings. The molecule has 0 bridgehead atoms. The van der Waals surface area contributed by atoms with Crippen LogP contribution in [0.4, 0.5) is 4.79 Å². The second-order valence-electron chi connectivity index (χ2n) is 3.46. The van der Waals surface area contributed by atoms with Crippen LogP contribution < -0.4 is 5.32 Å². The third-order valence-electron chi connectivity index (χ3n) is 2.17. The molecule has 1 amide bonds. The second kappa shape index (κ2) is 12.4. The SMILES string of the molecule is CCCN(CC)CCSSCCOC(=O)NC. The molecule has 0 saturated carbocycles. The van der Waals surface area contributed by atoms with E-state index in [1.807, 2.05) is 10.8 Å². The molecule has 0 spiro atoms. The van der Waals surface area contributed by atoms with Gasteiger partial charge in [0.15, 0.2) is 0 Å². The highest BCUT2D eigenvalue weighted by Crippen LogP contribution is 2.20. The van der Waals surface area contributed by atoms with Gasteiger partial charge in [-0.25, -0.2) is 4.79 Å². The quantitative estimate of drug-likeness (QED) is 0.492. The van der Waals surface area contributed by atoms with Gasteiger partial charge in [-0.05, 0) is 19.5 Å². The summed E-state index contributed by atoms with van der Waals surface area (Å²) in [5.41, 5.74) is 0. The highest BCUT2D eigenvalue weighted by molar-refractivity contribution is 8.76. The van der Waals surface area contributed by atoms with E-state index in [0.717, 1.165) is 24.6 Å². The minimum absolute atomic E-state index is 0.351. The van der Waals surface area contributed by atoms with Gasteiger partial charge in [-0.2, -0.15) is 0 Å². The number of rotatable bonds is 10. The summed E-state index contributed by atoms with van der Waals surface area (Å²) in [4.78, 5) is 13.2. The lowest BCUT2D eigenvalue weighted by molar-refractivity contribution is 0.155. The predicted octanol–water partition coefficient (Wildman–Crippen LogP) is 2.46. The summed E-state index contributed by atoms with van der Waals surface area (Å²) in [5.74, 6) is 1.97. The first kappa shape index (κ1) is 16.9. The fraction of sp³-hybridized carbons (Fsp3) is 0.909. The molecule has 0 fully saturated rings. The highest BCUT2D eigenvalue weighted by Gasteiger charge is 2.01. The van der Waals surface area contributed by atoms with Crippen LogP contribution in [0.25, 0.3) is 0 Å². The summed E-state index contributed by atoms with van der Waals surface area (Å²) in [6.45, 7) is 8.33. The fourth-order valence-electron chi connectivity index (χ4n) is 1.27. The van der Waals surface area contributed by atoms with Crippen LogP contribution in [-0.2, 0) is 4.74 Å². The number of hydrogen-bond acceptors (Lipinski definition) is 5. The Morgan fingerprint density at radius 3 is 2.53 bits per heavy atom. The van der Waals surface area contributed by atoms with Gasteiger partial charge in [0, 0.05) is 25.1 Å². The molecule has 102 valence electrons. The first-order valence-electron chi connectivity index (χ1n) is 6.05. The third-order valence-corrected chi connectivity index (χ3v) is 4.51. The van der Waals surface area contributed by atoms with Gasteiger partial charge >= 0.3 is 6.09 Å². The lowest BCUT2D eigenvalue weighted by atomic mass is 10.4. The van der Waals surface area contributed by atoms with Crippen molar-refractivity contribution in [2.45, 2.75) is 20.3 Å². The number of nitrogens with zero attached hydrogens (tertiary/aromatic N) is 1. The maximum Gasteiger partial charge on any atom is 0.406 e. The Morgan fingerprint density at radius 2 is 1.94 bits per heavy atom. The molecule has 1 N–H and O–H groups in total. The molecule has 0 saturated heterocycles. The molecular formula is C11H24N2O2S2. The van der Waals surface area contributed by atoms with Crippen molar-refractivity contribution in [2.75, 3.05) is 44.8 Å². The molecule has 0 aliphatic rings. The Morgan fingerprint density at radius 1 is 1.24 bits per heavy atom. The van der Waals surface area contributed by atoms with Gasteiger partial charge in [0.05, 0.1) is 0 Å². The molecule has 0 aromatic carbocycles. The zero-order valence-electron chi connectivity index (χ0n) is 11.0. The van der Waals surface area contributed by atoms with E-state index in [2.05, 4.69) is 24.1 Å². The van der Waals surface area contributed by atoms with E-state index in [4.69, 9.17) is 4.74 Å². The van der Waals surface area contributed by atoms with Gasteiger partial charge in [0.1, 0.15) is 6.61 Å². The van der Waals surface area contributed by atoms with Crippen LogP contribution in [0.1, 0.15) is 20.3 Å². The molecule has 0 aliphatic carbocycles. The highest BCUT2D eigenvalue weighted by atomic mass is 33.1. The summed E-state index contributed by atoms with van der Waals surface area (Å²) in [7, 11) is 5.17. The maximum absolute atomic E-state index is 10.7. The largest absolute Gasteiger partial charge is 0.449 e. The van der Waals surface area contributed by atoms with E-state index < -0.39 is 0 Å². The van der Waals surface area contributed by atoms with Crippen molar-refractivity contribution in [2.24, 2.45) is 0 Å². The maximum atomic E-state index is 10.7. The van der Waals surface area contributed by atoms with E-state index in [1.54, 1.807) is 17.8 Å². The standard InChI is InChI=1S/C11H24N2O2S2/c1-4-6-13(5-2)7-9-16-17-10-8-15-11(14)12-3/h4-10H2,1-3H3,(H,12,14). The molecule has 0 heterocycles. The number of hydrogen-bond donors (Lipinski definition) is 1. The van der Waals surface area contributed by atoms with Crippen LogP contribution in [0.5, 0.6) is 0 Å². The Kier molecular flexibility index (Phi) is 12.3. The molecule has 17 heavy (non-hydrogen) atoms. The Labute approximate surface area is 113 Å². The van der Waals surface area contributed by atoms with Crippen molar-refractivity contribution in [1.82, 2.24) is 10.2 Å². The fourth-order valence-corrected chi connectivity index (χ4v) is 3.12. The van der Waals surface area contributed by atoms with Gasteiger partial charge in [-0.3, -0.25) is 0 Å². The molecular weight excluding hydrogens is 256 g/mol. The van der Waals surface area contributed by atoms with Gasteiger partial charge in [-0.1, -0.05) is 35.4 Å². The molecule has 6 heteroatoms.